The smallest absolute Gasteiger partial charge is 0.268 e. The molecule has 5 nitrogen and oxygen atoms in total. The lowest BCUT2D eigenvalue weighted by molar-refractivity contribution is -0.0105. The standard InChI is InChI=1S/C23H28NO4SSi2/c1-4-5-15-23(25,22(2,3)31-28-30)17-19-16-18-11-9-10-14-21(18)24(19)29(26,27)20-12-7-6-8-13-20/h6-14,16,25H,4-5,15,17H2,1-3H3. The molecule has 3 aromatic rings. The van der Waals surface area contributed by atoms with Crippen LogP contribution < -0.4 is 0 Å². The van der Waals surface area contributed by atoms with E-state index < -0.39 is 20.7 Å². The second kappa shape index (κ2) is 9.42. The van der Waals surface area contributed by atoms with Crippen LogP contribution in [0.4, 0.5) is 0 Å². The van der Waals surface area contributed by atoms with Crippen molar-refractivity contribution in [2.75, 3.05) is 0 Å². The normalized spacial score (nSPS) is 14.6. The molecule has 1 N–H and O–H groups in total. The Morgan fingerprint density at radius 1 is 1.10 bits per heavy atom. The zero-order chi connectivity index (χ0) is 22.7. The Balaban J connectivity index is 2.19. The molecule has 0 spiro atoms. The van der Waals surface area contributed by atoms with E-state index in [1.807, 2.05) is 38.1 Å². The molecule has 0 aliphatic heterocycles. The third-order valence-electron chi connectivity index (χ3n) is 5.91. The van der Waals surface area contributed by atoms with E-state index >= 15 is 0 Å². The predicted molar refractivity (Wildman–Crippen MR) is 126 cm³/mol. The Kier molecular flexibility index (Phi) is 7.27. The SMILES string of the molecule is CCCCC(O)(Cc1cc2ccccc2n1S(=O)(=O)c1ccccc1)C(C)(C)[Si]O[Si]. The Labute approximate surface area is 191 Å². The lowest BCUT2D eigenvalue weighted by atomic mass is 9.80. The van der Waals surface area contributed by atoms with Crippen LogP contribution in [0, 0.1) is 0 Å². The summed E-state index contributed by atoms with van der Waals surface area (Å²) in [6.07, 6.45) is 2.51. The van der Waals surface area contributed by atoms with Crippen molar-refractivity contribution >= 4 is 41.2 Å². The van der Waals surface area contributed by atoms with Gasteiger partial charge in [-0.2, -0.15) is 0 Å². The molecule has 8 heteroatoms. The highest BCUT2D eigenvalue weighted by Crippen LogP contribution is 2.44. The van der Waals surface area contributed by atoms with Crippen molar-refractivity contribution in [3.63, 3.8) is 0 Å². The summed E-state index contributed by atoms with van der Waals surface area (Å²) < 4.78 is 33.9. The minimum absolute atomic E-state index is 0.00606. The summed E-state index contributed by atoms with van der Waals surface area (Å²) in [4.78, 5) is 0.222. The summed E-state index contributed by atoms with van der Waals surface area (Å²) in [5.74, 6) is 0. The molecule has 0 fully saturated rings. The van der Waals surface area contributed by atoms with Crippen LogP contribution in [0.2, 0.25) is 5.04 Å². The van der Waals surface area contributed by atoms with Gasteiger partial charge in [0.1, 0.15) is 0 Å². The van der Waals surface area contributed by atoms with Gasteiger partial charge in [0, 0.05) is 22.5 Å². The summed E-state index contributed by atoms with van der Waals surface area (Å²) in [7, 11) is -0.742. The first-order valence-corrected chi connectivity index (χ1v) is 13.1. The monoisotopic (exact) mass is 470 g/mol. The molecular weight excluding hydrogens is 442 g/mol. The summed E-state index contributed by atoms with van der Waals surface area (Å²) >= 11 is 0. The molecule has 31 heavy (non-hydrogen) atoms. The fraction of sp³-hybridized carbons (Fsp3) is 0.391. The molecule has 1 unspecified atom stereocenters. The highest BCUT2D eigenvalue weighted by molar-refractivity contribution is 7.90. The van der Waals surface area contributed by atoms with E-state index in [9.17, 15) is 13.5 Å². The number of benzene rings is 2. The fourth-order valence-corrected chi connectivity index (χ4v) is 6.89. The van der Waals surface area contributed by atoms with Gasteiger partial charge in [0.25, 0.3) is 10.0 Å². The van der Waals surface area contributed by atoms with E-state index in [4.69, 9.17) is 4.12 Å². The summed E-state index contributed by atoms with van der Waals surface area (Å²) in [5.41, 5.74) is 0.0261. The molecule has 0 bridgehead atoms. The van der Waals surface area contributed by atoms with Gasteiger partial charge in [0.05, 0.1) is 16.0 Å². The van der Waals surface area contributed by atoms with Crippen molar-refractivity contribution in [1.82, 2.24) is 3.97 Å². The van der Waals surface area contributed by atoms with Crippen LogP contribution >= 0.6 is 0 Å². The van der Waals surface area contributed by atoms with E-state index in [0.717, 1.165) is 18.2 Å². The number of nitrogens with zero attached hydrogens (tertiary/aromatic N) is 1. The summed E-state index contributed by atoms with van der Waals surface area (Å²) in [6, 6.07) is 17.7. The van der Waals surface area contributed by atoms with Gasteiger partial charge in [0.15, 0.2) is 0 Å². The molecule has 1 aromatic heterocycles. The predicted octanol–water partition coefficient (Wildman–Crippen LogP) is 4.26. The Hall–Kier alpha value is -1.72. The molecule has 0 aliphatic carbocycles. The van der Waals surface area contributed by atoms with Crippen molar-refractivity contribution < 1.29 is 17.6 Å². The first kappa shape index (κ1) is 23.9. The Morgan fingerprint density at radius 2 is 1.74 bits per heavy atom. The van der Waals surface area contributed by atoms with Gasteiger partial charge in [-0.05, 0) is 30.7 Å². The number of aromatic nitrogens is 1. The van der Waals surface area contributed by atoms with E-state index in [1.54, 1.807) is 36.4 Å². The van der Waals surface area contributed by atoms with E-state index in [-0.39, 0.29) is 21.1 Å². The van der Waals surface area contributed by atoms with E-state index in [1.165, 1.54) is 3.97 Å². The lowest BCUT2D eigenvalue weighted by Crippen LogP contribution is -2.46. The number of aliphatic hydroxyl groups is 1. The number of para-hydroxylation sites is 1. The molecular formula is C23H28NO4SSi2. The number of unbranched alkanes of at least 4 members (excludes halogenated alkanes) is 1. The van der Waals surface area contributed by atoms with Crippen LogP contribution in [0.25, 0.3) is 10.9 Å². The molecule has 0 saturated heterocycles. The van der Waals surface area contributed by atoms with Crippen LogP contribution in [-0.4, -0.2) is 43.3 Å². The fourth-order valence-electron chi connectivity index (χ4n) is 3.91. The van der Waals surface area contributed by atoms with Crippen LogP contribution in [0.1, 0.15) is 45.7 Å². The molecule has 0 aliphatic rings. The maximum absolute atomic E-state index is 13.7. The lowest BCUT2D eigenvalue weighted by Gasteiger charge is -2.42. The van der Waals surface area contributed by atoms with Gasteiger partial charge in [-0.25, -0.2) is 12.4 Å². The van der Waals surface area contributed by atoms with Crippen molar-refractivity contribution in [2.45, 2.75) is 62.0 Å². The van der Waals surface area contributed by atoms with E-state index in [2.05, 4.69) is 17.4 Å². The highest BCUT2D eigenvalue weighted by Gasteiger charge is 2.45. The molecule has 0 saturated carbocycles. The van der Waals surface area contributed by atoms with Gasteiger partial charge in [-0.1, -0.05) is 70.0 Å². The number of fused-ring (bicyclic) bond motifs is 1. The minimum atomic E-state index is -3.84. The van der Waals surface area contributed by atoms with Crippen molar-refractivity contribution in [1.29, 1.82) is 0 Å². The Morgan fingerprint density at radius 3 is 2.39 bits per heavy atom. The average molecular weight is 471 g/mol. The van der Waals surface area contributed by atoms with Gasteiger partial charge >= 0.3 is 0 Å². The van der Waals surface area contributed by atoms with Crippen LogP contribution in [0.3, 0.4) is 0 Å². The molecule has 2 aromatic carbocycles. The quantitative estimate of drug-likeness (QED) is 0.450. The van der Waals surface area contributed by atoms with Gasteiger partial charge in [0.2, 0.25) is 20.2 Å². The van der Waals surface area contributed by atoms with Crippen LogP contribution in [0.15, 0.2) is 65.6 Å². The second-order valence-corrected chi connectivity index (χ2v) is 12.5. The maximum Gasteiger partial charge on any atom is 0.268 e. The maximum atomic E-state index is 13.7. The third-order valence-corrected chi connectivity index (χ3v) is 9.07. The van der Waals surface area contributed by atoms with Crippen molar-refractivity contribution in [2.24, 2.45) is 0 Å². The van der Waals surface area contributed by atoms with Gasteiger partial charge < -0.3 is 9.22 Å². The Bertz CT molecular complexity index is 1130. The average Bonchev–Trinajstić information content (AvgIpc) is 3.11. The number of hydrogen-bond acceptors (Lipinski definition) is 4. The van der Waals surface area contributed by atoms with Crippen molar-refractivity contribution in [3.05, 3.63) is 66.4 Å². The van der Waals surface area contributed by atoms with Crippen LogP contribution in [0.5, 0.6) is 0 Å². The number of hydrogen-bond donors (Lipinski definition) is 1. The van der Waals surface area contributed by atoms with Gasteiger partial charge in [-0.3, -0.25) is 0 Å². The van der Waals surface area contributed by atoms with Crippen LogP contribution in [-0.2, 0) is 20.6 Å². The third kappa shape index (κ3) is 4.73. The molecule has 0 amide bonds. The molecule has 3 rings (SSSR count). The molecule has 163 valence electrons. The van der Waals surface area contributed by atoms with Crippen molar-refractivity contribution in [3.8, 4) is 0 Å². The molecule has 1 heterocycles. The topological polar surface area (TPSA) is 68.5 Å². The largest absolute Gasteiger partial charge is 0.457 e. The zero-order valence-corrected chi connectivity index (χ0v) is 20.9. The molecule has 5 radical (unpaired) electrons. The summed E-state index contributed by atoms with van der Waals surface area (Å²) in [5, 5.41) is 12.1. The second-order valence-electron chi connectivity index (χ2n) is 8.42. The van der Waals surface area contributed by atoms with E-state index in [0.29, 0.717) is 17.6 Å². The van der Waals surface area contributed by atoms with Gasteiger partial charge in [-0.15, -0.1) is 0 Å². The molecule has 1 atom stereocenters. The highest BCUT2D eigenvalue weighted by atomic mass is 32.2. The minimum Gasteiger partial charge on any atom is -0.457 e. The zero-order valence-electron chi connectivity index (χ0n) is 18.1. The first-order valence-electron chi connectivity index (χ1n) is 10.4. The first-order chi connectivity index (χ1) is 14.7. The number of rotatable bonds is 10. The summed E-state index contributed by atoms with van der Waals surface area (Å²) in [6.45, 7) is 5.99.